The zero-order valence-corrected chi connectivity index (χ0v) is 12.9. The van der Waals surface area contributed by atoms with E-state index in [0.717, 1.165) is 6.54 Å². The van der Waals surface area contributed by atoms with Gasteiger partial charge in [0.2, 0.25) is 0 Å². The molecule has 0 amide bonds. The highest BCUT2D eigenvalue weighted by Gasteiger charge is 2.32. The topological polar surface area (TPSA) is 41.1 Å². The fourth-order valence-corrected chi connectivity index (χ4v) is 1.83. The summed E-state index contributed by atoms with van der Waals surface area (Å²) < 4.78 is 37.9. The molecule has 4 nitrogen and oxygen atoms in total. The maximum absolute atomic E-state index is 12.6. The molecule has 1 N–H and O–H groups in total. The number of anilines is 1. The molecule has 0 spiro atoms. The maximum atomic E-state index is 12.6. The van der Waals surface area contributed by atoms with Gasteiger partial charge in [0.05, 0.1) is 11.9 Å². The lowest BCUT2D eigenvalue weighted by Crippen LogP contribution is -2.40. The van der Waals surface area contributed by atoms with Gasteiger partial charge in [-0.25, -0.2) is 4.98 Å². The van der Waals surface area contributed by atoms with Crippen molar-refractivity contribution < 1.29 is 13.2 Å². The lowest BCUT2D eigenvalue weighted by Gasteiger charge is -2.28. The van der Waals surface area contributed by atoms with Crippen LogP contribution in [0.15, 0.2) is 12.4 Å². The van der Waals surface area contributed by atoms with Gasteiger partial charge in [0.15, 0.2) is 0 Å². The number of hydrogen-bond donors (Lipinski definition) is 1. The molecule has 0 saturated carbocycles. The Morgan fingerprint density at radius 3 is 2.38 bits per heavy atom. The minimum atomic E-state index is -4.27. The highest BCUT2D eigenvalue weighted by Crippen LogP contribution is 2.22. The maximum Gasteiger partial charge on any atom is 0.405 e. The van der Waals surface area contributed by atoms with Crippen LogP contribution >= 0.6 is 0 Å². The lowest BCUT2D eigenvalue weighted by molar-refractivity contribution is -0.120. The summed E-state index contributed by atoms with van der Waals surface area (Å²) >= 11 is 0. The third kappa shape index (κ3) is 6.75. The summed E-state index contributed by atoms with van der Waals surface area (Å²) in [7, 11) is 0. The van der Waals surface area contributed by atoms with E-state index in [-0.39, 0.29) is 11.9 Å². The Kier molecular flexibility index (Phi) is 6.39. The van der Waals surface area contributed by atoms with Crippen LogP contribution in [0.25, 0.3) is 0 Å². The van der Waals surface area contributed by atoms with E-state index in [2.05, 4.69) is 29.1 Å². The Hall–Kier alpha value is -1.37. The van der Waals surface area contributed by atoms with Gasteiger partial charge >= 0.3 is 6.18 Å². The van der Waals surface area contributed by atoms with E-state index in [0.29, 0.717) is 18.2 Å². The third-order valence-corrected chi connectivity index (χ3v) is 2.80. The van der Waals surface area contributed by atoms with Crippen LogP contribution in [0.2, 0.25) is 0 Å². The van der Waals surface area contributed by atoms with Crippen molar-refractivity contribution >= 4 is 5.82 Å². The van der Waals surface area contributed by atoms with Crippen LogP contribution in [-0.2, 0) is 6.54 Å². The SMILES string of the molecule is CC(C)CNCc1cncc(N(CC(F)(F)F)C(C)C)n1. The summed E-state index contributed by atoms with van der Waals surface area (Å²) in [6.45, 7) is 7.87. The second-order valence-corrected chi connectivity index (χ2v) is 5.73. The van der Waals surface area contributed by atoms with Crippen molar-refractivity contribution in [2.75, 3.05) is 18.0 Å². The molecule has 21 heavy (non-hydrogen) atoms. The summed E-state index contributed by atoms with van der Waals surface area (Å²) in [6.07, 6.45) is -1.32. The van der Waals surface area contributed by atoms with Gasteiger partial charge in [-0.3, -0.25) is 4.98 Å². The molecule has 0 aliphatic carbocycles. The summed E-state index contributed by atoms with van der Waals surface area (Å²) in [5.74, 6) is 0.754. The largest absolute Gasteiger partial charge is 0.405 e. The fourth-order valence-electron chi connectivity index (χ4n) is 1.83. The molecule has 1 aromatic rings. The van der Waals surface area contributed by atoms with E-state index in [1.54, 1.807) is 20.0 Å². The summed E-state index contributed by atoms with van der Waals surface area (Å²) in [6, 6.07) is -0.306. The average molecular weight is 304 g/mol. The van der Waals surface area contributed by atoms with E-state index >= 15 is 0 Å². The number of alkyl halides is 3. The van der Waals surface area contributed by atoms with Crippen LogP contribution in [0.1, 0.15) is 33.4 Å². The molecule has 1 aromatic heterocycles. The molecule has 0 fully saturated rings. The first-order chi connectivity index (χ1) is 9.69. The first-order valence-electron chi connectivity index (χ1n) is 7.04. The third-order valence-electron chi connectivity index (χ3n) is 2.80. The molecule has 1 heterocycles. The molecule has 7 heteroatoms. The standard InChI is InChI=1S/C14H23F3N4/c1-10(2)5-18-6-12-7-19-8-13(20-12)21(11(3)4)9-14(15,16)17/h7-8,10-11,18H,5-6,9H2,1-4H3. The number of hydrogen-bond acceptors (Lipinski definition) is 4. The van der Waals surface area contributed by atoms with Gasteiger partial charge in [0.25, 0.3) is 0 Å². The fraction of sp³-hybridized carbons (Fsp3) is 0.714. The summed E-state index contributed by atoms with van der Waals surface area (Å²) in [5.41, 5.74) is 0.640. The van der Waals surface area contributed by atoms with Crippen molar-refractivity contribution in [2.24, 2.45) is 5.92 Å². The number of nitrogens with zero attached hydrogens (tertiary/aromatic N) is 3. The van der Waals surface area contributed by atoms with Crippen LogP contribution < -0.4 is 10.2 Å². The Morgan fingerprint density at radius 1 is 1.19 bits per heavy atom. The van der Waals surface area contributed by atoms with Gasteiger partial charge in [-0.2, -0.15) is 13.2 Å². The summed E-state index contributed by atoms with van der Waals surface area (Å²) in [5, 5.41) is 3.20. The molecule has 0 aromatic carbocycles. The molecule has 0 saturated heterocycles. The van der Waals surface area contributed by atoms with Crippen molar-refractivity contribution in [3.8, 4) is 0 Å². The van der Waals surface area contributed by atoms with Gasteiger partial charge in [0.1, 0.15) is 12.4 Å². The lowest BCUT2D eigenvalue weighted by atomic mass is 10.2. The van der Waals surface area contributed by atoms with E-state index in [4.69, 9.17) is 0 Å². The number of rotatable bonds is 7. The van der Waals surface area contributed by atoms with E-state index in [9.17, 15) is 13.2 Å². The molecular formula is C14H23F3N4. The quantitative estimate of drug-likeness (QED) is 0.841. The molecule has 120 valence electrons. The van der Waals surface area contributed by atoms with Crippen LogP contribution in [0.4, 0.5) is 19.0 Å². The van der Waals surface area contributed by atoms with Crippen molar-refractivity contribution in [1.29, 1.82) is 0 Å². The van der Waals surface area contributed by atoms with Crippen LogP contribution in [0.5, 0.6) is 0 Å². The van der Waals surface area contributed by atoms with E-state index < -0.39 is 12.7 Å². The predicted octanol–water partition coefficient (Wildman–Crippen LogP) is 3.00. The van der Waals surface area contributed by atoms with Crippen molar-refractivity contribution in [3.05, 3.63) is 18.1 Å². The molecule has 0 bridgehead atoms. The van der Waals surface area contributed by atoms with E-state index in [1.807, 2.05) is 0 Å². The molecular weight excluding hydrogens is 281 g/mol. The van der Waals surface area contributed by atoms with Crippen LogP contribution in [-0.4, -0.2) is 35.3 Å². The van der Waals surface area contributed by atoms with Crippen molar-refractivity contribution in [1.82, 2.24) is 15.3 Å². The minimum Gasteiger partial charge on any atom is -0.344 e. The molecule has 0 unspecified atom stereocenters. The summed E-state index contributed by atoms with van der Waals surface area (Å²) in [4.78, 5) is 9.49. The van der Waals surface area contributed by atoms with Gasteiger partial charge in [-0.05, 0) is 26.3 Å². The Balaban J connectivity index is 2.80. The van der Waals surface area contributed by atoms with Gasteiger partial charge in [-0.1, -0.05) is 13.8 Å². The second-order valence-electron chi connectivity index (χ2n) is 5.73. The molecule has 1 rings (SSSR count). The van der Waals surface area contributed by atoms with Crippen molar-refractivity contribution in [2.45, 2.75) is 46.5 Å². The van der Waals surface area contributed by atoms with E-state index in [1.165, 1.54) is 11.1 Å². The number of aromatic nitrogens is 2. The van der Waals surface area contributed by atoms with Gasteiger partial charge in [-0.15, -0.1) is 0 Å². The molecule has 0 aliphatic rings. The van der Waals surface area contributed by atoms with Gasteiger partial charge < -0.3 is 10.2 Å². The average Bonchev–Trinajstić information content (AvgIpc) is 2.34. The first-order valence-corrected chi connectivity index (χ1v) is 7.04. The molecule has 0 atom stereocenters. The predicted molar refractivity (Wildman–Crippen MR) is 77.1 cm³/mol. The van der Waals surface area contributed by atoms with Crippen LogP contribution in [0, 0.1) is 5.92 Å². The van der Waals surface area contributed by atoms with Gasteiger partial charge in [0, 0.05) is 18.8 Å². The molecule has 0 radical (unpaired) electrons. The van der Waals surface area contributed by atoms with Crippen LogP contribution in [0.3, 0.4) is 0 Å². The second kappa shape index (κ2) is 7.59. The monoisotopic (exact) mass is 304 g/mol. The Morgan fingerprint density at radius 2 is 1.86 bits per heavy atom. The number of halogens is 3. The normalized spacial score (nSPS) is 12.2. The highest BCUT2D eigenvalue weighted by molar-refractivity contribution is 5.37. The highest BCUT2D eigenvalue weighted by atomic mass is 19.4. The minimum absolute atomic E-state index is 0.256. The Bertz CT molecular complexity index is 432. The van der Waals surface area contributed by atoms with Crippen molar-refractivity contribution in [3.63, 3.8) is 0 Å². The zero-order chi connectivity index (χ0) is 16.0. The first kappa shape index (κ1) is 17.7. The smallest absolute Gasteiger partial charge is 0.344 e. The zero-order valence-electron chi connectivity index (χ0n) is 12.9. The Labute approximate surface area is 123 Å². The number of nitrogens with one attached hydrogen (secondary N) is 1. The molecule has 0 aliphatic heterocycles.